The third-order valence-electron chi connectivity index (χ3n) is 6.02. The molecule has 1 saturated carbocycles. The third-order valence-corrected chi connectivity index (χ3v) is 6.02. The highest BCUT2D eigenvalue weighted by molar-refractivity contribution is 5.85. The number of hydrogen-bond acceptors (Lipinski definition) is 5. The van der Waals surface area contributed by atoms with Gasteiger partial charge in [0.2, 0.25) is 0 Å². The van der Waals surface area contributed by atoms with Crippen LogP contribution in [0.1, 0.15) is 55.9 Å². The molecule has 0 amide bonds. The van der Waals surface area contributed by atoms with Crippen LogP contribution in [0.15, 0.2) is 41.7 Å². The number of benzene rings is 1. The molecule has 2 N–H and O–H groups in total. The van der Waals surface area contributed by atoms with E-state index in [0.29, 0.717) is 17.0 Å². The monoisotopic (exact) mass is 388 g/mol. The first-order chi connectivity index (χ1) is 14.1. The lowest BCUT2D eigenvalue weighted by molar-refractivity contribution is 0.478. The van der Waals surface area contributed by atoms with E-state index in [-0.39, 0.29) is 17.6 Å². The van der Waals surface area contributed by atoms with Gasteiger partial charge in [0.1, 0.15) is 11.8 Å². The fourth-order valence-corrected chi connectivity index (χ4v) is 4.59. The molecule has 1 fully saturated rings. The number of rotatable bonds is 4. The summed E-state index contributed by atoms with van der Waals surface area (Å²) < 4.78 is 2.03. The van der Waals surface area contributed by atoms with E-state index >= 15 is 0 Å². The summed E-state index contributed by atoms with van der Waals surface area (Å²) in [4.78, 5) is 29.5. The molecule has 1 unspecified atom stereocenters. The van der Waals surface area contributed by atoms with Gasteiger partial charge in [-0.2, -0.15) is 0 Å². The molecule has 1 atom stereocenters. The zero-order chi connectivity index (χ0) is 20.0. The topological polar surface area (TPSA) is 88.5 Å². The number of nitrogens with one attached hydrogen (secondary N) is 2. The van der Waals surface area contributed by atoms with Crippen molar-refractivity contribution in [1.82, 2.24) is 24.5 Å². The molecular weight excluding hydrogens is 364 g/mol. The molecule has 1 aromatic carbocycles. The highest BCUT2D eigenvalue weighted by atomic mass is 16.1. The van der Waals surface area contributed by atoms with E-state index in [2.05, 4.69) is 38.2 Å². The summed E-state index contributed by atoms with van der Waals surface area (Å²) in [6.07, 6.45) is 7.57. The van der Waals surface area contributed by atoms with Gasteiger partial charge in [-0.15, -0.1) is 0 Å². The zero-order valence-corrected chi connectivity index (χ0v) is 16.6. The summed E-state index contributed by atoms with van der Waals surface area (Å²) in [7, 11) is 0. The third kappa shape index (κ3) is 2.97. The van der Waals surface area contributed by atoms with Gasteiger partial charge in [0.25, 0.3) is 5.56 Å². The summed E-state index contributed by atoms with van der Waals surface area (Å²) in [5.41, 5.74) is 3.52. The number of aromatic nitrogens is 5. The Bertz CT molecular complexity index is 1250. The smallest absolute Gasteiger partial charge is 0.259 e. The fourth-order valence-electron chi connectivity index (χ4n) is 4.59. The van der Waals surface area contributed by atoms with E-state index in [1.165, 1.54) is 19.2 Å². The van der Waals surface area contributed by atoms with Crippen molar-refractivity contribution in [3.8, 4) is 0 Å². The Hall–Kier alpha value is -3.22. The van der Waals surface area contributed by atoms with Gasteiger partial charge in [0.15, 0.2) is 11.5 Å². The predicted octanol–water partition coefficient (Wildman–Crippen LogP) is 4.26. The average Bonchev–Trinajstić information content (AvgIpc) is 3.40. The van der Waals surface area contributed by atoms with Crippen LogP contribution in [-0.4, -0.2) is 24.5 Å². The Morgan fingerprint density at radius 1 is 1.21 bits per heavy atom. The summed E-state index contributed by atoms with van der Waals surface area (Å²) >= 11 is 0. The lowest BCUT2D eigenvalue weighted by atomic mass is 10.0. The minimum absolute atomic E-state index is 0.108. The number of hydrogen-bond donors (Lipinski definition) is 2. The quantitative estimate of drug-likeness (QED) is 0.545. The summed E-state index contributed by atoms with van der Waals surface area (Å²) in [5.74, 6) is 0.665. The van der Waals surface area contributed by atoms with Gasteiger partial charge >= 0.3 is 0 Å². The predicted molar refractivity (Wildman–Crippen MR) is 114 cm³/mol. The van der Waals surface area contributed by atoms with Crippen molar-refractivity contribution < 1.29 is 0 Å². The maximum absolute atomic E-state index is 13.6. The molecule has 29 heavy (non-hydrogen) atoms. The highest BCUT2D eigenvalue weighted by Gasteiger charge is 2.25. The molecule has 3 heterocycles. The van der Waals surface area contributed by atoms with E-state index in [0.717, 1.165) is 34.9 Å². The van der Waals surface area contributed by atoms with Crippen LogP contribution in [0.2, 0.25) is 0 Å². The van der Waals surface area contributed by atoms with Gasteiger partial charge in [0.05, 0.1) is 17.8 Å². The molecule has 4 aromatic rings. The van der Waals surface area contributed by atoms with Gasteiger partial charge in [-0.1, -0.05) is 31.0 Å². The second kappa shape index (κ2) is 6.99. The Labute approximate surface area is 168 Å². The highest BCUT2D eigenvalue weighted by Crippen LogP contribution is 2.33. The molecule has 0 saturated heterocycles. The number of aryl methyl sites for hydroxylation is 1. The first kappa shape index (κ1) is 17.8. The minimum atomic E-state index is -0.108. The number of pyridine rings is 1. The zero-order valence-electron chi connectivity index (χ0n) is 16.6. The summed E-state index contributed by atoms with van der Waals surface area (Å²) in [6, 6.07) is 8.35. The van der Waals surface area contributed by atoms with Gasteiger partial charge in [-0.05, 0) is 43.7 Å². The molecule has 148 valence electrons. The SMILES string of the molecule is Cc1cccc2cc(C(C)Nc3ncnc4[nH]cnc34)n(C3CCCC3)c(=O)c12. The van der Waals surface area contributed by atoms with Gasteiger partial charge in [-0.25, -0.2) is 15.0 Å². The number of fused-ring (bicyclic) bond motifs is 2. The lowest BCUT2D eigenvalue weighted by Crippen LogP contribution is -2.30. The molecule has 5 rings (SSSR count). The largest absolute Gasteiger partial charge is 0.360 e. The van der Waals surface area contributed by atoms with Crippen LogP contribution in [-0.2, 0) is 0 Å². The van der Waals surface area contributed by atoms with Crippen molar-refractivity contribution in [2.24, 2.45) is 0 Å². The van der Waals surface area contributed by atoms with Crippen molar-refractivity contribution in [3.63, 3.8) is 0 Å². The Morgan fingerprint density at radius 3 is 2.86 bits per heavy atom. The van der Waals surface area contributed by atoms with Crippen molar-refractivity contribution in [2.75, 3.05) is 5.32 Å². The van der Waals surface area contributed by atoms with Crippen LogP contribution < -0.4 is 10.9 Å². The van der Waals surface area contributed by atoms with Crippen LogP contribution in [0.25, 0.3) is 21.9 Å². The van der Waals surface area contributed by atoms with Crippen molar-refractivity contribution in [3.05, 3.63) is 58.5 Å². The van der Waals surface area contributed by atoms with Crippen LogP contribution >= 0.6 is 0 Å². The molecule has 1 aliphatic carbocycles. The molecular formula is C22H24N6O. The van der Waals surface area contributed by atoms with Crippen molar-refractivity contribution >= 4 is 27.8 Å². The fraction of sp³-hybridized carbons (Fsp3) is 0.364. The molecule has 3 aromatic heterocycles. The number of imidazole rings is 1. The first-order valence-corrected chi connectivity index (χ1v) is 10.2. The van der Waals surface area contributed by atoms with Crippen LogP contribution in [0.3, 0.4) is 0 Å². The minimum Gasteiger partial charge on any atom is -0.360 e. The van der Waals surface area contributed by atoms with E-state index < -0.39 is 0 Å². The summed E-state index contributed by atoms with van der Waals surface area (Å²) in [6.45, 7) is 4.09. The van der Waals surface area contributed by atoms with E-state index in [1.807, 2.05) is 29.7 Å². The van der Waals surface area contributed by atoms with Crippen LogP contribution in [0.5, 0.6) is 0 Å². The number of aromatic amines is 1. The standard InChI is InChI=1S/C22H24N6O/c1-13-6-5-7-15-10-17(28(22(29)18(13)15)16-8-3-4-9-16)14(2)27-21-19-20(24-11-23-19)25-12-26-21/h5-7,10-12,14,16H,3-4,8-9H2,1-2H3,(H2,23,24,25,26,27). The van der Waals surface area contributed by atoms with Crippen LogP contribution in [0, 0.1) is 6.92 Å². The summed E-state index contributed by atoms with van der Waals surface area (Å²) in [5, 5.41) is 5.28. The van der Waals surface area contributed by atoms with E-state index in [9.17, 15) is 4.79 Å². The molecule has 7 heteroatoms. The van der Waals surface area contributed by atoms with Gasteiger partial charge in [0, 0.05) is 11.7 Å². The number of nitrogens with zero attached hydrogens (tertiary/aromatic N) is 4. The molecule has 0 aliphatic heterocycles. The average molecular weight is 388 g/mol. The molecule has 0 bridgehead atoms. The molecule has 0 spiro atoms. The first-order valence-electron chi connectivity index (χ1n) is 10.2. The maximum Gasteiger partial charge on any atom is 0.259 e. The molecule has 7 nitrogen and oxygen atoms in total. The Balaban J connectivity index is 1.65. The normalized spacial score (nSPS) is 15.9. The van der Waals surface area contributed by atoms with Gasteiger partial charge < -0.3 is 14.9 Å². The number of anilines is 1. The second-order valence-corrected chi connectivity index (χ2v) is 7.91. The van der Waals surface area contributed by atoms with E-state index in [1.54, 1.807) is 6.33 Å². The second-order valence-electron chi connectivity index (χ2n) is 7.91. The van der Waals surface area contributed by atoms with Crippen LogP contribution in [0.4, 0.5) is 5.82 Å². The maximum atomic E-state index is 13.6. The van der Waals surface area contributed by atoms with Gasteiger partial charge in [-0.3, -0.25) is 4.79 Å². The molecule has 1 aliphatic rings. The number of H-pyrrole nitrogens is 1. The van der Waals surface area contributed by atoms with Crippen molar-refractivity contribution in [2.45, 2.75) is 51.6 Å². The Kier molecular flexibility index (Phi) is 4.30. The molecule has 0 radical (unpaired) electrons. The van der Waals surface area contributed by atoms with Crippen molar-refractivity contribution in [1.29, 1.82) is 0 Å². The Morgan fingerprint density at radius 2 is 2.03 bits per heavy atom. The lowest BCUT2D eigenvalue weighted by Gasteiger charge is -2.25. The van der Waals surface area contributed by atoms with E-state index in [4.69, 9.17) is 0 Å².